The molecule has 2 rings (SSSR count). The summed E-state index contributed by atoms with van der Waals surface area (Å²) < 4.78 is 24.1. The highest BCUT2D eigenvalue weighted by atomic mass is 32.2. The van der Waals surface area contributed by atoms with E-state index in [1.807, 2.05) is 0 Å². The van der Waals surface area contributed by atoms with Gasteiger partial charge in [0.15, 0.2) is 9.84 Å². The van der Waals surface area contributed by atoms with E-state index in [4.69, 9.17) is 5.73 Å². The molecule has 0 radical (unpaired) electrons. The Kier molecular flexibility index (Phi) is 3.91. The molecule has 1 saturated heterocycles. The van der Waals surface area contributed by atoms with Gasteiger partial charge in [-0.3, -0.25) is 4.79 Å². The zero-order chi connectivity index (χ0) is 14.0. The van der Waals surface area contributed by atoms with Crippen LogP contribution in [0.5, 0.6) is 0 Å². The van der Waals surface area contributed by atoms with E-state index in [-0.39, 0.29) is 17.4 Å². The van der Waals surface area contributed by atoms with E-state index in [0.29, 0.717) is 5.56 Å². The van der Waals surface area contributed by atoms with Gasteiger partial charge in [-0.15, -0.1) is 0 Å². The van der Waals surface area contributed by atoms with Crippen LogP contribution in [0.2, 0.25) is 0 Å². The largest absolute Gasteiger partial charge is 0.366 e. The third-order valence-electron chi connectivity index (χ3n) is 3.36. The van der Waals surface area contributed by atoms with Gasteiger partial charge in [0.25, 0.3) is 0 Å². The van der Waals surface area contributed by atoms with Crippen LogP contribution in [0.4, 0.5) is 0 Å². The van der Waals surface area contributed by atoms with Crippen molar-refractivity contribution >= 4 is 15.7 Å². The number of rotatable bonds is 5. The smallest absolute Gasteiger partial charge is 0.248 e. The quantitative estimate of drug-likeness (QED) is 0.809. The molecule has 1 aliphatic heterocycles. The number of aryl methyl sites for hydroxylation is 1. The average molecular weight is 282 g/mol. The van der Waals surface area contributed by atoms with E-state index in [2.05, 4.69) is 5.32 Å². The predicted molar refractivity (Wildman–Crippen MR) is 73.5 cm³/mol. The minimum absolute atomic E-state index is 0.0222. The fourth-order valence-electron chi connectivity index (χ4n) is 2.13. The highest BCUT2D eigenvalue weighted by molar-refractivity contribution is 7.90. The third-order valence-corrected chi connectivity index (χ3v) is 5.09. The lowest BCUT2D eigenvalue weighted by Gasteiger charge is -2.26. The Labute approximate surface area is 113 Å². The van der Waals surface area contributed by atoms with Gasteiger partial charge in [-0.05, 0) is 36.1 Å². The number of sulfone groups is 1. The Morgan fingerprint density at radius 2 is 2.11 bits per heavy atom. The second kappa shape index (κ2) is 5.30. The summed E-state index contributed by atoms with van der Waals surface area (Å²) in [4.78, 5) is 11.0. The summed E-state index contributed by atoms with van der Waals surface area (Å²) in [6, 6.07) is 4.88. The average Bonchev–Trinajstić information content (AvgIpc) is 2.26. The normalized spacial score (nSPS) is 16.1. The lowest BCUT2D eigenvalue weighted by molar-refractivity contribution is 0.1000. The van der Waals surface area contributed by atoms with Crippen LogP contribution in [0.3, 0.4) is 0 Å². The molecule has 1 aliphatic rings. The summed E-state index contributed by atoms with van der Waals surface area (Å²) in [5, 5.41) is 3.06. The summed E-state index contributed by atoms with van der Waals surface area (Å²) in [5.74, 6) is -0.0287. The standard InChI is InChI=1S/C13H18N2O3S/c1-9-4-11(13(14)16)2-3-12(9)8-19(17,18)7-10-5-15-6-10/h2-4,10,15H,5-8H2,1H3,(H2,14,16). The van der Waals surface area contributed by atoms with E-state index in [1.165, 1.54) is 0 Å². The van der Waals surface area contributed by atoms with Crippen LogP contribution in [-0.4, -0.2) is 33.2 Å². The fourth-order valence-corrected chi connectivity index (χ4v) is 4.00. The molecule has 1 amide bonds. The van der Waals surface area contributed by atoms with E-state index in [1.54, 1.807) is 25.1 Å². The summed E-state index contributed by atoms with van der Waals surface area (Å²) in [5.41, 5.74) is 7.11. The number of benzene rings is 1. The van der Waals surface area contributed by atoms with Crippen LogP contribution >= 0.6 is 0 Å². The van der Waals surface area contributed by atoms with Gasteiger partial charge in [-0.1, -0.05) is 6.07 Å². The molecule has 104 valence electrons. The van der Waals surface area contributed by atoms with Crippen molar-refractivity contribution in [1.82, 2.24) is 5.32 Å². The van der Waals surface area contributed by atoms with Crippen LogP contribution in [0.15, 0.2) is 18.2 Å². The minimum Gasteiger partial charge on any atom is -0.366 e. The van der Waals surface area contributed by atoms with Gasteiger partial charge in [0, 0.05) is 18.7 Å². The maximum Gasteiger partial charge on any atom is 0.248 e. The third kappa shape index (κ3) is 3.54. The van der Waals surface area contributed by atoms with Crippen molar-refractivity contribution in [2.45, 2.75) is 12.7 Å². The van der Waals surface area contributed by atoms with Crippen LogP contribution in [0.25, 0.3) is 0 Å². The molecule has 1 aromatic carbocycles. The van der Waals surface area contributed by atoms with Crippen molar-refractivity contribution in [2.75, 3.05) is 18.8 Å². The molecule has 0 saturated carbocycles. The molecule has 19 heavy (non-hydrogen) atoms. The van der Waals surface area contributed by atoms with Crippen molar-refractivity contribution in [3.05, 3.63) is 34.9 Å². The number of hydrogen-bond donors (Lipinski definition) is 2. The molecule has 0 bridgehead atoms. The molecular weight excluding hydrogens is 264 g/mol. The molecule has 1 aromatic rings. The first-order chi connectivity index (χ1) is 8.87. The molecular formula is C13H18N2O3S. The molecule has 0 unspecified atom stereocenters. The summed E-state index contributed by atoms with van der Waals surface area (Å²) in [7, 11) is -3.11. The molecule has 0 aliphatic carbocycles. The Morgan fingerprint density at radius 3 is 2.58 bits per heavy atom. The predicted octanol–water partition coefficient (Wildman–Crippen LogP) is 0.228. The highest BCUT2D eigenvalue weighted by Crippen LogP contribution is 2.17. The van der Waals surface area contributed by atoms with E-state index in [9.17, 15) is 13.2 Å². The summed E-state index contributed by atoms with van der Waals surface area (Å²) in [6.45, 7) is 3.35. The van der Waals surface area contributed by atoms with Crippen LogP contribution < -0.4 is 11.1 Å². The van der Waals surface area contributed by atoms with Crippen molar-refractivity contribution in [3.8, 4) is 0 Å². The van der Waals surface area contributed by atoms with Crippen molar-refractivity contribution in [3.63, 3.8) is 0 Å². The van der Waals surface area contributed by atoms with Crippen LogP contribution in [0, 0.1) is 12.8 Å². The van der Waals surface area contributed by atoms with Gasteiger partial charge in [0.1, 0.15) is 0 Å². The zero-order valence-corrected chi connectivity index (χ0v) is 11.7. The SMILES string of the molecule is Cc1cc(C(N)=O)ccc1CS(=O)(=O)CC1CNC1. The number of nitrogens with two attached hydrogens (primary N) is 1. The van der Waals surface area contributed by atoms with Crippen LogP contribution in [-0.2, 0) is 15.6 Å². The fraction of sp³-hybridized carbons (Fsp3) is 0.462. The minimum atomic E-state index is -3.11. The first kappa shape index (κ1) is 14.0. The number of carbonyl (C=O) groups is 1. The zero-order valence-electron chi connectivity index (χ0n) is 10.8. The van der Waals surface area contributed by atoms with Gasteiger partial charge >= 0.3 is 0 Å². The maximum absolute atomic E-state index is 12.1. The second-order valence-electron chi connectivity index (χ2n) is 5.08. The summed E-state index contributed by atoms with van der Waals surface area (Å²) in [6.07, 6.45) is 0. The van der Waals surface area contributed by atoms with E-state index in [0.717, 1.165) is 24.2 Å². The maximum atomic E-state index is 12.1. The van der Waals surface area contributed by atoms with Gasteiger partial charge in [-0.25, -0.2) is 8.42 Å². The van der Waals surface area contributed by atoms with E-state index >= 15 is 0 Å². The molecule has 0 aromatic heterocycles. The highest BCUT2D eigenvalue weighted by Gasteiger charge is 2.24. The molecule has 3 N–H and O–H groups in total. The topological polar surface area (TPSA) is 89.3 Å². The number of carbonyl (C=O) groups excluding carboxylic acids is 1. The number of hydrogen-bond acceptors (Lipinski definition) is 4. The first-order valence-electron chi connectivity index (χ1n) is 6.18. The molecule has 0 atom stereocenters. The number of amides is 1. The van der Waals surface area contributed by atoms with Gasteiger partial charge < -0.3 is 11.1 Å². The molecule has 0 spiro atoms. The Hall–Kier alpha value is -1.40. The van der Waals surface area contributed by atoms with Gasteiger partial charge in [0.05, 0.1) is 11.5 Å². The van der Waals surface area contributed by atoms with Crippen molar-refractivity contribution < 1.29 is 13.2 Å². The molecule has 6 heteroatoms. The van der Waals surface area contributed by atoms with E-state index < -0.39 is 15.7 Å². The Bertz CT molecular complexity index is 592. The lowest BCUT2D eigenvalue weighted by atomic mass is 10.1. The first-order valence-corrected chi connectivity index (χ1v) is 8.00. The molecule has 1 heterocycles. The van der Waals surface area contributed by atoms with Gasteiger partial charge in [0.2, 0.25) is 5.91 Å². The molecule has 5 nitrogen and oxygen atoms in total. The lowest BCUT2D eigenvalue weighted by Crippen LogP contribution is -2.45. The number of nitrogens with one attached hydrogen (secondary N) is 1. The Balaban J connectivity index is 2.11. The summed E-state index contributed by atoms with van der Waals surface area (Å²) >= 11 is 0. The number of primary amides is 1. The van der Waals surface area contributed by atoms with Gasteiger partial charge in [-0.2, -0.15) is 0 Å². The van der Waals surface area contributed by atoms with Crippen LogP contribution in [0.1, 0.15) is 21.5 Å². The monoisotopic (exact) mass is 282 g/mol. The second-order valence-corrected chi connectivity index (χ2v) is 7.19. The van der Waals surface area contributed by atoms with Crippen molar-refractivity contribution in [2.24, 2.45) is 11.7 Å². The Morgan fingerprint density at radius 1 is 1.42 bits per heavy atom. The molecule has 1 fully saturated rings. The van der Waals surface area contributed by atoms with Crippen molar-refractivity contribution in [1.29, 1.82) is 0 Å².